The van der Waals surface area contributed by atoms with Gasteiger partial charge in [0.2, 0.25) is 0 Å². The summed E-state index contributed by atoms with van der Waals surface area (Å²) in [5.74, 6) is 0.407. The van der Waals surface area contributed by atoms with E-state index in [0.29, 0.717) is 12.2 Å². The molecule has 2 fully saturated rings. The highest BCUT2D eigenvalue weighted by Crippen LogP contribution is 2.42. The number of hydrogen-bond donors (Lipinski definition) is 2. The largest absolute Gasteiger partial charge is 0.299 e. The number of aromatic nitrogens is 1. The fourth-order valence-corrected chi connectivity index (χ4v) is 3.30. The number of hydrazine groups is 1. The van der Waals surface area contributed by atoms with E-state index in [1.54, 1.807) is 6.20 Å². The molecule has 96 valence electrons. The molecule has 1 aromatic rings. The minimum Gasteiger partial charge on any atom is -0.299 e. The standard InChI is InChI=1S/C14H19N3O/c1-14(2)6-10-12(11(18)7-14)13(17-16-10)9-4-3-5-15-8-9/h3-5,8,10,12-13,16-17H,6-7H2,1-2H3. The van der Waals surface area contributed by atoms with Crippen LogP contribution in [0.3, 0.4) is 0 Å². The Morgan fingerprint density at radius 1 is 1.39 bits per heavy atom. The van der Waals surface area contributed by atoms with Crippen LogP contribution < -0.4 is 10.9 Å². The van der Waals surface area contributed by atoms with Crippen molar-refractivity contribution in [3.05, 3.63) is 30.1 Å². The van der Waals surface area contributed by atoms with E-state index in [9.17, 15) is 4.79 Å². The second-order valence-corrected chi connectivity index (χ2v) is 6.20. The fraction of sp³-hybridized carbons (Fsp3) is 0.571. The van der Waals surface area contributed by atoms with Gasteiger partial charge in [-0.15, -0.1) is 0 Å². The lowest BCUT2D eigenvalue weighted by Crippen LogP contribution is -2.43. The number of nitrogens with one attached hydrogen (secondary N) is 2. The van der Waals surface area contributed by atoms with Crippen LogP contribution in [0.1, 0.15) is 38.3 Å². The van der Waals surface area contributed by atoms with Crippen molar-refractivity contribution in [1.82, 2.24) is 15.8 Å². The Morgan fingerprint density at radius 2 is 2.22 bits per heavy atom. The molecular weight excluding hydrogens is 226 g/mol. The van der Waals surface area contributed by atoms with Crippen LogP contribution in [0.25, 0.3) is 0 Å². The Morgan fingerprint density at radius 3 is 2.94 bits per heavy atom. The van der Waals surface area contributed by atoms with Gasteiger partial charge in [0.25, 0.3) is 0 Å². The normalized spacial score (nSPS) is 34.3. The second kappa shape index (κ2) is 4.14. The molecule has 0 radical (unpaired) electrons. The average molecular weight is 245 g/mol. The highest BCUT2D eigenvalue weighted by Gasteiger charge is 2.48. The van der Waals surface area contributed by atoms with Gasteiger partial charge in [0.15, 0.2) is 0 Å². The fourth-order valence-electron chi connectivity index (χ4n) is 3.30. The number of fused-ring (bicyclic) bond motifs is 1. The number of carbonyl (C=O) groups excluding carboxylic acids is 1. The number of Topliss-reactive ketones (excluding diaryl/α,β-unsaturated/α-hetero) is 1. The van der Waals surface area contributed by atoms with Crippen molar-refractivity contribution < 1.29 is 4.79 Å². The van der Waals surface area contributed by atoms with Gasteiger partial charge in [0.1, 0.15) is 5.78 Å². The van der Waals surface area contributed by atoms with E-state index < -0.39 is 0 Å². The van der Waals surface area contributed by atoms with Crippen LogP contribution in [0.2, 0.25) is 0 Å². The minimum absolute atomic E-state index is 0.0437. The van der Waals surface area contributed by atoms with Gasteiger partial charge in [-0.25, -0.2) is 5.43 Å². The Hall–Kier alpha value is -1.26. The molecule has 0 amide bonds. The lowest BCUT2D eigenvalue weighted by Gasteiger charge is -2.36. The monoisotopic (exact) mass is 245 g/mol. The van der Waals surface area contributed by atoms with Gasteiger partial charge >= 0.3 is 0 Å². The lowest BCUT2D eigenvalue weighted by molar-refractivity contribution is -0.128. The lowest BCUT2D eigenvalue weighted by atomic mass is 9.68. The minimum atomic E-state index is 0.0437. The predicted octanol–water partition coefficient (Wildman–Crippen LogP) is 1.60. The first-order chi connectivity index (χ1) is 8.57. The Bertz CT molecular complexity index is 457. The van der Waals surface area contributed by atoms with E-state index in [2.05, 4.69) is 29.7 Å². The number of ketones is 1. The van der Waals surface area contributed by atoms with Gasteiger partial charge in [0, 0.05) is 24.9 Å². The van der Waals surface area contributed by atoms with Gasteiger partial charge < -0.3 is 0 Å². The number of carbonyl (C=O) groups is 1. The predicted molar refractivity (Wildman–Crippen MR) is 68.5 cm³/mol. The third-order valence-electron chi connectivity index (χ3n) is 4.06. The molecule has 0 aromatic carbocycles. The van der Waals surface area contributed by atoms with Crippen molar-refractivity contribution in [2.75, 3.05) is 0 Å². The summed E-state index contributed by atoms with van der Waals surface area (Å²) < 4.78 is 0. The second-order valence-electron chi connectivity index (χ2n) is 6.20. The van der Waals surface area contributed by atoms with Crippen molar-refractivity contribution >= 4 is 5.78 Å². The Labute approximate surface area is 107 Å². The van der Waals surface area contributed by atoms with Crippen LogP contribution in [0.15, 0.2) is 24.5 Å². The summed E-state index contributed by atoms with van der Waals surface area (Å²) in [6, 6.07) is 4.25. The van der Waals surface area contributed by atoms with E-state index >= 15 is 0 Å². The number of nitrogens with zero attached hydrogens (tertiary/aromatic N) is 1. The molecule has 1 aromatic heterocycles. The number of pyridine rings is 1. The summed E-state index contributed by atoms with van der Waals surface area (Å²) in [5, 5.41) is 0. The summed E-state index contributed by atoms with van der Waals surface area (Å²) in [7, 11) is 0. The zero-order valence-corrected chi connectivity index (χ0v) is 10.8. The summed E-state index contributed by atoms with van der Waals surface area (Å²) in [5.41, 5.74) is 7.76. The molecule has 3 unspecified atom stereocenters. The molecule has 1 saturated carbocycles. The van der Waals surface area contributed by atoms with Gasteiger partial charge in [-0.1, -0.05) is 19.9 Å². The molecule has 2 aliphatic rings. The molecule has 0 spiro atoms. The zero-order chi connectivity index (χ0) is 12.8. The van der Waals surface area contributed by atoms with Gasteiger partial charge in [-0.3, -0.25) is 15.2 Å². The smallest absolute Gasteiger partial charge is 0.140 e. The summed E-state index contributed by atoms with van der Waals surface area (Å²) in [4.78, 5) is 16.5. The molecule has 0 bridgehead atoms. The molecule has 1 aliphatic carbocycles. The molecule has 3 atom stereocenters. The first-order valence-electron chi connectivity index (χ1n) is 6.50. The number of rotatable bonds is 1. The van der Waals surface area contributed by atoms with Crippen LogP contribution in [0, 0.1) is 11.3 Å². The SMILES string of the molecule is CC1(C)CC(=O)C2C(C1)NNC2c1cccnc1. The van der Waals surface area contributed by atoms with E-state index in [4.69, 9.17) is 0 Å². The first-order valence-corrected chi connectivity index (χ1v) is 6.50. The van der Waals surface area contributed by atoms with E-state index in [1.165, 1.54) is 0 Å². The highest BCUT2D eigenvalue weighted by atomic mass is 16.1. The summed E-state index contributed by atoms with van der Waals surface area (Å²) >= 11 is 0. The van der Waals surface area contributed by atoms with Crippen molar-refractivity contribution in [3.63, 3.8) is 0 Å². The molecule has 4 nitrogen and oxygen atoms in total. The van der Waals surface area contributed by atoms with Crippen molar-refractivity contribution in [1.29, 1.82) is 0 Å². The Kier molecular flexibility index (Phi) is 2.72. The Balaban J connectivity index is 1.88. The molecule has 2 N–H and O–H groups in total. The molecule has 1 saturated heterocycles. The third kappa shape index (κ3) is 1.95. The van der Waals surface area contributed by atoms with Crippen LogP contribution >= 0.6 is 0 Å². The van der Waals surface area contributed by atoms with Gasteiger partial charge in [0.05, 0.1) is 12.0 Å². The van der Waals surface area contributed by atoms with E-state index in [1.807, 2.05) is 18.3 Å². The first kappa shape index (κ1) is 11.8. The number of hydrogen-bond acceptors (Lipinski definition) is 4. The van der Waals surface area contributed by atoms with Crippen molar-refractivity contribution in [2.45, 2.75) is 38.8 Å². The molecule has 1 aliphatic heterocycles. The van der Waals surface area contributed by atoms with Crippen LogP contribution in [-0.4, -0.2) is 16.8 Å². The topological polar surface area (TPSA) is 54.0 Å². The maximum atomic E-state index is 12.4. The summed E-state index contributed by atoms with van der Waals surface area (Å²) in [6.45, 7) is 4.33. The van der Waals surface area contributed by atoms with Crippen molar-refractivity contribution in [2.24, 2.45) is 11.3 Å². The van der Waals surface area contributed by atoms with Crippen LogP contribution in [-0.2, 0) is 4.79 Å². The van der Waals surface area contributed by atoms with Gasteiger partial charge in [-0.05, 0) is 23.5 Å². The van der Waals surface area contributed by atoms with Crippen LogP contribution in [0.4, 0.5) is 0 Å². The van der Waals surface area contributed by atoms with Crippen molar-refractivity contribution in [3.8, 4) is 0 Å². The highest BCUT2D eigenvalue weighted by molar-refractivity contribution is 5.84. The van der Waals surface area contributed by atoms with E-state index in [-0.39, 0.29) is 23.4 Å². The molecule has 18 heavy (non-hydrogen) atoms. The molecular formula is C14H19N3O. The quantitative estimate of drug-likeness (QED) is 0.789. The van der Waals surface area contributed by atoms with Gasteiger partial charge in [-0.2, -0.15) is 0 Å². The van der Waals surface area contributed by atoms with Crippen LogP contribution in [0.5, 0.6) is 0 Å². The maximum absolute atomic E-state index is 12.4. The third-order valence-corrected chi connectivity index (χ3v) is 4.06. The zero-order valence-electron chi connectivity index (χ0n) is 10.8. The average Bonchev–Trinajstić information content (AvgIpc) is 2.72. The summed E-state index contributed by atoms with van der Waals surface area (Å²) in [6.07, 6.45) is 5.31. The maximum Gasteiger partial charge on any atom is 0.140 e. The van der Waals surface area contributed by atoms with E-state index in [0.717, 1.165) is 12.0 Å². The molecule has 3 rings (SSSR count). The molecule has 2 heterocycles. The molecule has 4 heteroatoms.